The topological polar surface area (TPSA) is 87.3 Å². The number of anilines is 2. The standard InChI is InChI=1S/C19H19N3O3/c23-17-9-6-14-12-15(7-8-16(14)22-17)21-18(24)10-11-20-19(25)13-4-2-1-3-5-13/h1-5,7-8,12H,6,9-11H2,(H,20,25)(H,21,24)(H,22,23). The van der Waals surface area contributed by atoms with E-state index in [-0.39, 0.29) is 30.7 Å². The number of rotatable bonds is 5. The van der Waals surface area contributed by atoms with Gasteiger partial charge in [0.15, 0.2) is 0 Å². The van der Waals surface area contributed by atoms with E-state index in [1.165, 1.54) is 0 Å². The summed E-state index contributed by atoms with van der Waals surface area (Å²) >= 11 is 0. The Morgan fingerprint density at radius 1 is 1.04 bits per heavy atom. The van der Waals surface area contributed by atoms with Crippen molar-refractivity contribution < 1.29 is 14.4 Å². The van der Waals surface area contributed by atoms with E-state index >= 15 is 0 Å². The molecule has 0 aromatic heterocycles. The molecular formula is C19H19N3O3. The Morgan fingerprint density at radius 2 is 1.84 bits per heavy atom. The lowest BCUT2D eigenvalue weighted by atomic mass is 10.0. The van der Waals surface area contributed by atoms with Crippen LogP contribution in [0.2, 0.25) is 0 Å². The third-order valence-electron chi connectivity index (χ3n) is 3.96. The number of amides is 3. The van der Waals surface area contributed by atoms with Crippen LogP contribution in [-0.4, -0.2) is 24.3 Å². The number of hydrogen-bond donors (Lipinski definition) is 3. The molecule has 3 rings (SSSR count). The predicted octanol–water partition coefficient (Wildman–Crippen LogP) is 2.33. The van der Waals surface area contributed by atoms with Crippen LogP contribution in [0.25, 0.3) is 0 Å². The van der Waals surface area contributed by atoms with Crippen molar-refractivity contribution >= 4 is 29.1 Å². The number of hydrogen-bond acceptors (Lipinski definition) is 3. The highest BCUT2D eigenvalue weighted by Crippen LogP contribution is 2.25. The number of nitrogens with one attached hydrogen (secondary N) is 3. The van der Waals surface area contributed by atoms with Gasteiger partial charge in [0, 0.05) is 36.3 Å². The Hall–Kier alpha value is -3.15. The molecule has 25 heavy (non-hydrogen) atoms. The molecule has 0 radical (unpaired) electrons. The summed E-state index contributed by atoms with van der Waals surface area (Å²) in [6.45, 7) is 0.264. The first-order valence-electron chi connectivity index (χ1n) is 8.18. The monoisotopic (exact) mass is 337 g/mol. The van der Waals surface area contributed by atoms with Crippen molar-refractivity contribution in [3.05, 3.63) is 59.7 Å². The highest BCUT2D eigenvalue weighted by atomic mass is 16.2. The lowest BCUT2D eigenvalue weighted by Gasteiger charge is -2.17. The zero-order chi connectivity index (χ0) is 17.6. The smallest absolute Gasteiger partial charge is 0.251 e. The van der Waals surface area contributed by atoms with Gasteiger partial charge in [-0.1, -0.05) is 18.2 Å². The van der Waals surface area contributed by atoms with E-state index in [1.54, 1.807) is 36.4 Å². The molecule has 0 unspecified atom stereocenters. The van der Waals surface area contributed by atoms with Crippen molar-refractivity contribution in [1.29, 1.82) is 0 Å². The van der Waals surface area contributed by atoms with Gasteiger partial charge in [-0.05, 0) is 42.3 Å². The first-order valence-corrected chi connectivity index (χ1v) is 8.18. The number of fused-ring (bicyclic) bond motifs is 1. The summed E-state index contributed by atoms with van der Waals surface area (Å²) in [6, 6.07) is 14.3. The van der Waals surface area contributed by atoms with E-state index in [0.29, 0.717) is 24.1 Å². The van der Waals surface area contributed by atoms with Crippen LogP contribution in [0.1, 0.15) is 28.8 Å². The third-order valence-corrected chi connectivity index (χ3v) is 3.96. The highest BCUT2D eigenvalue weighted by Gasteiger charge is 2.15. The summed E-state index contributed by atoms with van der Waals surface area (Å²) in [6.07, 6.45) is 1.31. The second-order valence-corrected chi connectivity index (χ2v) is 5.84. The molecule has 0 bridgehead atoms. The van der Waals surface area contributed by atoms with Crippen LogP contribution < -0.4 is 16.0 Å². The lowest BCUT2D eigenvalue weighted by molar-refractivity contribution is -0.117. The van der Waals surface area contributed by atoms with Gasteiger partial charge < -0.3 is 16.0 Å². The normalized spacial score (nSPS) is 12.7. The molecule has 6 heteroatoms. The maximum absolute atomic E-state index is 12.0. The average molecular weight is 337 g/mol. The van der Waals surface area contributed by atoms with Crippen LogP contribution in [0.15, 0.2) is 48.5 Å². The Morgan fingerprint density at radius 3 is 2.64 bits per heavy atom. The molecule has 6 nitrogen and oxygen atoms in total. The quantitative estimate of drug-likeness (QED) is 0.782. The predicted molar refractivity (Wildman–Crippen MR) is 95.4 cm³/mol. The first kappa shape index (κ1) is 16.7. The molecule has 1 heterocycles. The van der Waals surface area contributed by atoms with Crippen LogP contribution >= 0.6 is 0 Å². The molecule has 2 aromatic rings. The minimum atomic E-state index is -0.196. The maximum atomic E-state index is 12.0. The molecule has 0 atom stereocenters. The summed E-state index contributed by atoms with van der Waals surface area (Å²) in [5, 5.41) is 8.34. The molecule has 0 spiro atoms. The molecule has 3 amide bonds. The van der Waals surface area contributed by atoms with E-state index in [2.05, 4.69) is 16.0 Å². The number of carbonyl (C=O) groups excluding carboxylic acids is 3. The molecule has 1 aliphatic heterocycles. The van der Waals surface area contributed by atoms with Gasteiger partial charge in [0.1, 0.15) is 0 Å². The molecule has 0 saturated carbocycles. The average Bonchev–Trinajstić information content (AvgIpc) is 2.62. The summed E-state index contributed by atoms with van der Waals surface area (Å²) in [5.74, 6) is -0.357. The van der Waals surface area contributed by atoms with Gasteiger partial charge in [-0.15, -0.1) is 0 Å². The van der Waals surface area contributed by atoms with Crippen LogP contribution in [0.3, 0.4) is 0 Å². The second-order valence-electron chi connectivity index (χ2n) is 5.84. The highest BCUT2D eigenvalue weighted by molar-refractivity contribution is 5.96. The van der Waals surface area contributed by atoms with Crippen molar-refractivity contribution in [1.82, 2.24) is 5.32 Å². The maximum Gasteiger partial charge on any atom is 0.251 e. The SMILES string of the molecule is O=C(CCNC(=O)c1ccccc1)Nc1ccc2c(c1)CCC(=O)N2. The summed E-state index contributed by atoms with van der Waals surface area (Å²) in [4.78, 5) is 35.3. The van der Waals surface area contributed by atoms with Gasteiger partial charge in [0.25, 0.3) is 5.91 Å². The van der Waals surface area contributed by atoms with E-state index < -0.39 is 0 Å². The molecule has 0 saturated heterocycles. The first-order chi connectivity index (χ1) is 12.1. The summed E-state index contributed by atoms with van der Waals surface area (Å²) < 4.78 is 0. The van der Waals surface area contributed by atoms with Crippen molar-refractivity contribution in [2.45, 2.75) is 19.3 Å². The molecular weight excluding hydrogens is 318 g/mol. The van der Waals surface area contributed by atoms with E-state index in [0.717, 1.165) is 11.3 Å². The summed E-state index contributed by atoms with van der Waals surface area (Å²) in [5.41, 5.74) is 3.06. The van der Waals surface area contributed by atoms with Gasteiger partial charge in [-0.3, -0.25) is 14.4 Å². The lowest BCUT2D eigenvalue weighted by Crippen LogP contribution is -2.27. The van der Waals surface area contributed by atoms with Crippen molar-refractivity contribution in [3.8, 4) is 0 Å². The van der Waals surface area contributed by atoms with Gasteiger partial charge >= 0.3 is 0 Å². The number of aryl methyl sites for hydroxylation is 1. The second kappa shape index (κ2) is 7.61. The molecule has 0 aliphatic carbocycles. The minimum Gasteiger partial charge on any atom is -0.352 e. The summed E-state index contributed by atoms with van der Waals surface area (Å²) in [7, 11) is 0. The van der Waals surface area contributed by atoms with Gasteiger partial charge in [0.05, 0.1) is 0 Å². The molecule has 1 aliphatic rings. The Kier molecular flexibility index (Phi) is 5.09. The van der Waals surface area contributed by atoms with Crippen molar-refractivity contribution in [2.75, 3.05) is 17.2 Å². The fourth-order valence-electron chi connectivity index (χ4n) is 2.67. The Bertz CT molecular complexity index is 803. The molecule has 128 valence electrons. The number of benzene rings is 2. The van der Waals surface area contributed by atoms with Gasteiger partial charge in [0.2, 0.25) is 11.8 Å². The largest absolute Gasteiger partial charge is 0.352 e. The molecule has 0 fully saturated rings. The zero-order valence-electron chi connectivity index (χ0n) is 13.7. The van der Waals surface area contributed by atoms with E-state index in [9.17, 15) is 14.4 Å². The van der Waals surface area contributed by atoms with Crippen LogP contribution in [0.5, 0.6) is 0 Å². The van der Waals surface area contributed by atoms with Crippen molar-refractivity contribution in [2.24, 2.45) is 0 Å². The molecule has 3 N–H and O–H groups in total. The molecule has 2 aromatic carbocycles. The number of carbonyl (C=O) groups is 3. The van der Waals surface area contributed by atoms with Gasteiger partial charge in [-0.25, -0.2) is 0 Å². The third kappa shape index (κ3) is 4.44. The van der Waals surface area contributed by atoms with Crippen LogP contribution in [-0.2, 0) is 16.0 Å². The minimum absolute atomic E-state index is 0.0124. The van der Waals surface area contributed by atoms with Crippen LogP contribution in [0, 0.1) is 0 Å². The van der Waals surface area contributed by atoms with Crippen LogP contribution in [0.4, 0.5) is 11.4 Å². The zero-order valence-corrected chi connectivity index (χ0v) is 13.7. The Balaban J connectivity index is 1.48. The van der Waals surface area contributed by atoms with E-state index in [1.807, 2.05) is 12.1 Å². The van der Waals surface area contributed by atoms with E-state index in [4.69, 9.17) is 0 Å². The fourth-order valence-corrected chi connectivity index (χ4v) is 2.67. The fraction of sp³-hybridized carbons (Fsp3) is 0.211. The Labute approximate surface area is 145 Å². The van der Waals surface area contributed by atoms with Crippen molar-refractivity contribution in [3.63, 3.8) is 0 Å². The van der Waals surface area contributed by atoms with Gasteiger partial charge in [-0.2, -0.15) is 0 Å².